The van der Waals surface area contributed by atoms with E-state index >= 15 is 0 Å². The summed E-state index contributed by atoms with van der Waals surface area (Å²) in [4.78, 5) is 38.9. The van der Waals surface area contributed by atoms with Crippen LogP contribution >= 0.6 is 0 Å². The summed E-state index contributed by atoms with van der Waals surface area (Å²) in [6, 6.07) is 13.1. The molecule has 0 radical (unpaired) electrons. The van der Waals surface area contributed by atoms with Crippen LogP contribution in [-0.2, 0) is 19.9 Å². The Morgan fingerprint density at radius 3 is 2.38 bits per heavy atom. The number of anilines is 1. The molecule has 1 amide bonds. The number of ketones is 1. The Balaban J connectivity index is 1.86. The standard InChI is InChI=1S/C22H23NO6/c1-3-28-16-11-9-15(10-12-16)19(24)13-22(27)17-7-5-6-8-18(17)23(21(22)26)14-20(25)29-4-2/h5-12,27H,3-4,13-14H2,1-2H3. The first kappa shape index (κ1) is 20.5. The number of aliphatic hydroxyl groups is 1. The molecule has 1 atom stereocenters. The molecule has 7 nitrogen and oxygen atoms in total. The number of nitrogens with zero attached hydrogens (tertiary/aromatic N) is 1. The van der Waals surface area contributed by atoms with Crippen molar-refractivity contribution in [3.8, 4) is 5.75 Å². The van der Waals surface area contributed by atoms with E-state index in [1.54, 1.807) is 55.5 Å². The van der Waals surface area contributed by atoms with Gasteiger partial charge in [-0.2, -0.15) is 0 Å². The zero-order valence-corrected chi connectivity index (χ0v) is 16.4. The molecule has 2 aromatic carbocycles. The fourth-order valence-corrected chi connectivity index (χ4v) is 3.41. The number of esters is 1. The van der Waals surface area contributed by atoms with E-state index < -0.39 is 29.7 Å². The SMILES string of the molecule is CCOC(=O)CN1C(=O)C(O)(CC(=O)c2ccc(OCC)cc2)c2ccccc21. The number of hydrogen-bond donors (Lipinski definition) is 1. The van der Waals surface area contributed by atoms with Crippen molar-refractivity contribution < 1.29 is 29.0 Å². The van der Waals surface area contributed by atoms with Crippen LogP contribution in [0.3, 0.4) is 0 Å². The maximum atomic E-state index is 13.0. The Kier molecular flexibility index (Phi) is 5.98. The lowest BCUT2D eigenvalue weighted by Gasteiger charge is -2.22. The Morgan fingerprint density at radius 1 is 1.03 bits per heavy atom. The molecule has 0 aromatic heterocycles. The summed E-state index contributed by atoms with van der Waals surface area (Å²) in [5.74, 6) is -1.06. The number of carbonyl (C=O) groups excluding carboxylic acids is 3. The summed E-state index contributed by atoms with van der Waals surface area (Å²) in [5, 5.41) is 11.2. The first-order valence-corrected chi connectivity index (χ1v) is 9.46. The van der Waals surface area contributed by atoms with Crippen LogP contribution in [-0.4, -0.2) is 42.5 Å². The number of rotatable bonds is 8. The van der Waals surface area contributed by atoms with Gasteiger partial charge in [-0.05, 0) is 44.2 Å². The number of amides is 1. The Bertz CT molecular complexity index is 923. The molecule has 1 N–H and O–H groups in total. The molecule has 0 fully saturated rings. The summed E-state index contributed by atoms with van der Waals surface area (Å²) >= 11 is 0. The molecular weight excluding hydrogens is 374 g/mol. The summed E-state index contributed by atoms with van der Waals surface area (Å²) < 4.78 is 10.3. The smallest absolute Gasteiger partial charge is 0.326 e. The van der Waals surface area contributed by atoms with Gasteiger partial charge in [-0.15, -0.1) is 0 Å². The van der Waals surface area contributed by atoms with Crippen molar-refractivity contribution in [2.24, 2.45) is 0 Å². The zero-order chi connectivity index (χ0) is 21.0. The van der Waals surface area contributed by atoms with Crippen LogP contribution in [0.2, 0.25) is 0 Å². The third-order valence-corrected chi connectivity index (χ3v) is 4.74. The summed E-state index contributed by atoms with van der Waals surface area (Å²) in [6.45, 7) is 3.89. The number of Topliss-reactive ketones (excluding diaryl/α,β-unsaturated/α-hetero) is 1. The van der Waals surface area contributed by atoms with E-state index in [0.717, 1.165) is 0 Å². The van der Waals surface area contributed by atoms with Gasteiger partial charge in [0, 0.05) is 11.1 Å². The van der Waals surface area contributed by atoms with Crippen molar-refractivity contribution in [3.63, 3.8) is 0 Å². The van der Waals surface area contributed by atoms with Crippen molar-refractivity contribution in [1.29, 1.82) is 0 Å². The van der Waals surface area contributed by atoms with E-state index in [0.29, 0.717) is 29.2 Å². The van der Waals surface area contributed by atoms with Crippen molar-refractivity contribution in [2.45, 2.75) is 25.9 Å². The van der Waals surface area contributed by atoms with Crippen LogP contribution in [0.1, 0.15) is 36.2 Å². The molecule has 29 heavy (non-hydrogen) atoms. The van der Waals surface area contributed by atoms with Gasteiger partial charge in [0.2, 0.25) is 0 Å². The number of carbonyl (C=O) groups is 3. The van der Waals surface area contributed by atoms with Gasteiger partial charge in [0.1, 0.15) is 12.3 Å². The molecule has 1 aliphatic heterocycles. The third-order valence-electron chi connectivity index (χ3n) is 4.74. The number of hydrogen-bond acceptors (Lipinski definition) is 6. The topological polar surface area (TPSA) is 93.1 Å². The molecule has 2 aromatic rings. The minimum atomic E-state index is -2.04. The molecule has 7 heteroatoms. The van der Waals surface area contributed by atoms with Crippen LogP contribution in [0.5, 0.6) is 5.75 Å². The Morgan fingerprint density at radius 2 is 1.72 bits per heavy atom. The lowest BCUT2D eigenvalue weighted by molar-refractivity contribution is -0.144. The summed E-state index contributed by atoms with van der Waals surface area (Å²) in [6.07, 6.45) is -0.434. The maximum absolute atomic E-state index is 13.0. The minimum Gasteiger partial charge on any atom is -0.494 e. The van der Waals surface area contributed by atoms with E-state index in [9.17, 15) is 19.5 Å². The molecule has 152 valence electrons. The van der Waals surface area contributed by atoms with Crippen LogP contribution in [0.4, 0.5) is 5.69 Å². The van der Waals surface area contributed by atoms with E-state index in [2.05, 4.69) is 0 Å². The van der Waals surface area contributed by atoms with Crippen LogP contribution < -0.4 is 9.64 Å². The molecule has 3 rings (SSSR count). The average molecular weight is 397 g/mol. The Labute approximate surface area is 168 Å². The van der Waals surface area contributed by atoms with E-state index in [4.69, 9.17) is 9.47 Å². The van der Waals surface area contributed by atoms with Gasteiger partial charge in [-0.3, -0.25) is 19.3 Å². The van der Waals surface area contributed by atoms with E-state index in [1.807, 2.05) is 6.92 Å². The normalized spacial score (nSPS) is 17.8. The summed E-state index contributed by atoms with van der Waals surface area (Å²) in [7, 11) is 0. The third kappa shape index (κ3) is 4.00. The highest BCUT2D eigenvalue weighted by molar-refractivity contribution is 6.12. The fourth-order valence-electron chi connectivity index (χ4n) is 3.41. The number of benzene rings is 2. The molecule has 1 aliphatic rings. The van der Waals surface area contributed by atoms with Crippen molar-refractivity contribution in [3.05, 3.63) is 59.7 Å². The maximum Gasteiger partial charge on any atom is 0.326 e. The highest BCUT2D eigenvalue weighted by Gasteiger charge is 2.51. The van der Waals surface area contributed by atoms with Gasteiger partial charge in [0.05, 0.1) is 25.3 Å². The van der Waals surface area contributed by atoms with Gasteiger partial charge in [0.25, 0.3) is 5.91 Å². The zero-order valence-electron chi connectivity index (χ0n) is 16.4. The molecular formula is C22H23NO6. The largest absolute Gasteiger partial charge is 0.494 e. The van der Waals surface area contributed by atoms with E-state index in [-0.39, 0.29) is 13.2 Å². The van der Waals surface area contributed by atoms with Gasteiger partial charge in [-0.1, -0.05) is 18.2 Å². The first-order valence-electron chi connectivity index (χ1n) is 9.46. The first-order chi connectivity index (χ1) is 13.9. The fraction of sp³-hybridized carbons (Fsp3) is 0.318. The molecule has 0 spiro atoms. The average Bonchev–Trinajstić information content (AvgIpc) is 2.91. The minimum absolute atomic E-state index is 0.184. The van der Waals surface area contributed by atoms with Crippen molar-refractivity contribution >= 4 is 23.3 Å². The molecule has 0 bridgehead atoms. The lowest BCUT2D eigenvalue weighted by atomic mass is 9.88. The molecule has 1 heterocycles. The van der Waals surface area contributed by atoms with Gasteiger partial charge in [-0.25, -0.2) is 0 Å². The molecule has 0 saturated heterocycles. The number of para-hydroxylation sites is 1. The van der Waals surface area contributed by atoms with E-state index in [1.165, 1.54) is 4.90 Å². The predicted molar refractivity (Wildman–Crippen MR) is 106 cm³/mol. The second-order valence-electron chi connectivity index (χ2n) is 6.63. The van der Waals surface area contributed by atoms with Crippen molar-refractivity contribution in [1.82, 2.24) is 0 Å². The monoisotopic (exact) mass is 397 g/mol. The second-order valence-corrected chi connectivity index (χ2v) is 6.63. The second kappa shape index (κ2) is 8.45. The summed E-state index contributed by atoms with van der Waals surface area (Å²) in [5.41, 5.74) is -0.990. The van der Waals surface area contributed by atoms with Crippen LogP contribution in [0, 0.1) is 0 Å². The number of ether oxygens (including phenoxy) is 2. The quantitative estimate of drug-likeness (QED) is 0.543. The predicted octanol–water partition coefficient (Wildman–Crippen LogP) is 2.46. The Hall–Kier alpha value is -3.19. The highest BCUT2D eigenvalue weighted by atomic mass is 16.5. The highest BCUT2D eigenvalue weighted by Crippen LogP contribution is 2.42. The molecule has 1 unspecified atom stereocenters. The number of fused-ring (bicyclic) bond motifs is 1. The molecule has 0 aliphatic carbocycles. The van der Waals surface area contributed by atoms with Crippen molar-refractivity contribution in [2.75, 3.05) is 24.7 Å². The van der Waals surface area contributed by atoms with Crippen LogP contribution in [0.25, 0.3) is 0 Å². The van der Waals surface area contributed by atoms with Crippen LogP contribution in [0.15, 0.2) is 48.5 Å². The van der Waals surface area contributed by atoms with Gasteiger partial charge >= 0.3 is 5.97 Å². The van der Waals surface area contributed by atoms with Gasteiger partial charge < -0.3 is 14.6 Å². The lowest BCUT2D eigenvalue weighted by Crippen LogP contribution is -2.44. The van der Waals surface area contributed by atoms with Gasteiger partial charge in [0.15, 0.2) is 11.4 Å². The molecule has 0 saturated carbocycles.